The van der Waals surface area contributed by atoms with Crippen LogP contribution < -0.4 is 10.2 Å². The maximum Gasteiger partial charge on any atom is 0.407 e. The van der Waals surface area contributed by atoms with Crippen molar-refractivity contribution in [3.05, 3.63) is 29.3 Å². The largest absolute Gasteiger partial charge is 0.444 e. The zero-order valence-electron chi connectivity index (χ0n) is 18.1. The molecule has 1 aromatic rings. The second-order valence-corrected chi connectivity index (χ2v) is 9.89. The van der Waals surface area contributed by atoms with E-state index < -0.39 is 5.60 Å². The summed E-state index contributed by atoms with van der Waals surface area (Å²) in [4.78, 5) is 17.0. The molecule has 162 valence electrons. The standard InChI is InChI=1S/C23H36ClN3O2/c1-23(2,3)29-22(28)25-20-8-4-18(5-9-20)12-13-26-14-16-27(17-15-26)21-10-6-19(24)7-11-21/h6-7,10-11,18,20H,4-5,8-9,12-17H2,1-3H3,(H,25,28). The molecule has 1 aliphatic carbocycles. The molecule has 1 amide bonds. The average molecular weight is 422 g/mol. The quantitative estimate of drug-likeness (QED) is 0.731. The summed E-state index contributed by atoms with van der Waals surface area (Å²) in [5.74, 6) is 0.779. The van der Waals surface area contributed by atoms with Crippen LogP contribution in [0.4, 0.5) is 10.5 Å². The Morgan fingerprint density at radius 1 is 1.07 bits per heavy atom. The van der Waals surface area contributed by atoms with E-state index in [2.05, 4.69) is 27.2 Å². The Labute approximate surface area is 180 Å². The molecule has 3 rings (SSSR count). The van der Waals surface area contributed by atoms with Crippen molar-refractivity contribution in [3.63, 3.8) is 0 Å². The van der Waals surface area contributed by atoms with Crippen LogP contribution in [0.1, 0.15) is 52.9 Å². The number of benzene rings is 1. The maximum atomic E-state index is 11.9. The number of hydrogen-bond acceptors (Lipinski definition) is 4. The molecule has 1 N–H and O–H groups in total. The lowest BCUT2D eigenvalue weighted by Crippen LogP contribution is -2.47. The van der Waals surface area contributed by atoms with Gasteiger partial charge in [-0.1, -0.05) is 11.6 Å². The molecule has 0 spiro atoms. The Morgan fingerprint density at radius 3 is 2.28 bits per heavy atom. The van der Waals surface area contributed by atoms with Crippen molar-refractivity contribution in [2.45, 2.75) is 64.5 Å². The first-order valence-electron chi connectivity index (χ1n) is 11.0. The fourth-order valence-corrected chi connectivity index (χ4v) is 4.44. The van der Waals surface area contributed by atoms with Crippen molar-refractivity contribution in [2.24, 2.45) is 5.92 Å². The van der Waals surface area contributed by atoms with Crippen molar-refractivity contribution in [3.8, 4) is 0 Å². The van der Waals surface area contributed by atoms with E-state index in [1.165, 1.54) is 31.5 Å². The minimum absolute atomic E-state index is 0.268. The summed E-state index contributed by atoms with van der Waals surface area (Å²) in [5.41, 5.74) is 0.837. The topological polar surface area (TPSA) is 44.8 Å². The van der Waals surface area contributed by atoms with Crippen LogP contribution in [0.25, 0.3) is 0 Å². The van der Waals surface area contributed by atoms with E-state index in [-0.39, 0.29) is 12.1 Å². The van der Waals surface area contributed by atoms with E-state index >= 15 is 0 Å². The molecule has 29 heavy (non-hydrogen) atoms. The van der Waals surface area contributed by atoms with Gasteiger partial charge in [0.25, 0.3) is 0 Å². The summed E-state index contributed by atoms with van der Waals surface area (Å²) in [7, 11) is 0. The minimum atomic E-state index is -0.432. The number of ether oxygens (including phenoxy) is 1. The van der Waals surface area contributed by atoms with Crippen LogP contribution in [-0.2, 0) is 4.74 Å². The number of carbonyl (C=O) groups is 1. The SMILES string of the molecule is CC(C)(C)OC(=O)NC1CCC(CCN2CCN(c3ccc(Cl)cc3)CC2)CC1. The Morgan fingerprint density at radius 2 is 1.69 bits per heavy atom. The van der Waals surface area contributed by atoms with E-state index in [1.54, 1.807) is 0 Å². The summed E-state index contributed by atoms with van der Waals surface area (Å²) in [6.07, 6.45) is 5.51. The molecule has 5 nitrogen and oxygen atoms in total. The van der Waals surface area contributed by atoms with Crippen molar-refractivity contribution < 1.29 is 9.53 Å². The maximum absolute atomic E-state index is 11.9. The Balaban J connectivity index is 1.31. The van der Waals surface area contributed by atoms with Crippen LogP contribution in [0.2, 0.25) is 5.02 Å². The van der Waals surface area contributed by atoms with Crippen molar-refractivity contribution in [1.29, 1.82) is 0 Å². The van der Waals surface area contributed by atoms with Gasteiger partial charge in [-0.05, 0) is 89.6 Å². The number of carbonyl (C=O) groups excluding carboxylic acids is 1. The van der Waals surface area contributed by atoms with Crippen LogP contribution in [0, 0.1) is 5.92 Å². The zero-order chi connectivity index (χ0) is 20.9. The molecule has 0 bridgehead atoms. The zero-order valence-corrected chi connectivity index (χ0v) is 18.9. The third-order valence-electron chi connectivity index (χ3n) is 5.99. The molecular weight excluding hydrogens is 386 g/mol. The van der Waals surface area contributed by atoms with Crippen LogP contribution >= 0.6 is 11.6 Å². The Bertz CT molecular complexity index is 643. The lowest BCUT2D eigenvalue weighted by atomic mass is 9.84. The third kappa shape index (κ3) is 7.38. The van der Waals surface area contributed by atoms with Gasteiger partial charge in [0.05, 0.1) is 0 Å². The highest BCUT2D eigenvalue weighted by Gasteiger charge is 2.25. The number of rotatable bonds is 5. The van der Waals surface area contributed by atoms with Gasteiger partial charge < -0.3 is 15.0 Å². The van der Waals surface area contributed by atoms with Crippen molar-refractivity contribution in [2.75, 3.05) is 37.6 Å². The van der Waals surface area contributed by atoms with E-state index in [4.69, 9.17) is 16.3 Å². The summed E-state index contributed by atoms with van der Waals surface area (Å²) in [6, 6.07) is 8.43. The third-order valence-corrected chi connectivity index (χ3v) is 6.24. The summed E-state index contributed by atoms with van der Waals surface area (Å²) >= 11 is 5.99. The first kappa shape index (κ1) is 22.2. The number of anilines is 1. The molecule has 1 aromatic carbocycles. The number of nitrogens with zero attached hydrogens (tertiary/aromatic N) is 2. The van der Waals surface area contributed by atoms with Crippen LogP contribution in [0.5, 0.6) is 0 Å². The van der Waals surface area contributed by atoms with Crippen molar-refractivity contribution >= 4 is 23.4 Å². The number of halogens is 1. The van der Waals surface area contributed by atoms with Crippen LogP contribution in [0.15, 0.2) is 24.3 Å². The predicted molar refractivity (Wildman–Crippen MR) is 120 cm³/mol. The minimum Gasteiger partial charge on any atom is -0.444 e. The first-order chi connectivity index (χ1) is 13.8. The fraction of sp³-hybridized carbons (Fsp3) is 0.696. The molecule has 1 saturated heterocycles. The molecule has 1 aliphatic heterocycles. The highest BCUT2D eigenvalue weighted by atomic mass is 35.5. The van der Waals surface area contributed by atoms with Crippen LogP contribution in [0.3, 0.4) is 0 Å². The first-order valence-corrected chi connectivity index (χ1v) is 11.4. The van der Waals surface area contributed by atoms with Gasteiger partial charge in [-0.25, -0.2) is 4.79 Å². The number of hydrogen-bond donors (Lipinski definition) is 1. The molecular formula is C23H36ClN3O2. The molecule has 0 radical (unpaired) electrons. The van der Waals surface area contributed by atoms with Gasteiger partial charge in [0.15, 0.2) is 0 Å². The van der Waals surface area contributed by atoms with Gasteiger partial charge in [-0.15, -0.1) is 0 Å². The lowest BCUT2D eigenvalue weighted by Gasteiger charge is -2.37. The molecule has 6 heteroatoms. The monoisotopic (exact) mass is 421 g/mol. The van der Waals surface area contributed by atoms with E-state index in [0.29, 0.717) is 0 Å². The molecule has 2 aliphatic rings. The average Bonchev–Trinajstić information content (AvgIpc) is 2.67. The predicted octanol–water partition coefficient (Wildman–Crippen LogP) is 4.94. The molecule has 0 aromatic heterocycles. The van der Waals surface area contributed by atoms with Gasteiger partial charge in [-0.3, -0.25) is 4.90 Å². The number of amides is 1. The van der Waals surface area contributed by atoms with E-state index in [0.717, 1.165) is 50.0 Å². The lowest BCUT2D eigenvalue weighted by molar-refractivity contribution is 0.0486. The second kappa shape index (κ2) is 10.0. The van der Waals surface area contributed by atoms with Gasteiger partial charge >= 0.3 is 6.09 Å². The number of alkyl carbamates (subject to hydrolysis) is 1. The van der Waals surface area contributed by atoms with E-state index in [9.17, 15) is 4.79 Å². The highest BCUT2D eigenvalue weighted by molar-refractivity contribution is 6.30. The van der Waals surface area contributed by atoms with Crippen molar-refractivity contribution in [1.82, 2.24) is 10.2 Å². The van der Waals surface area contributed by atoms with Gasteiger partial charge in [0.1, 0.15) is 5.60 Å². The fourth-order valence-electron chi connectivity index (χ4n) is 4.32. The summed E-state index contributed by atoms with van der Waals surface area (Å²) in [6.45, 7) is 11.3. The highest BCUT2D eigenvalue weighted by Crippen LogP contribution is 2.28. The molecule has 1 saturated carbocycles. The summed E-state index contributed by atoms with van der Waals surface area (Å²) in [5, 5.41) is 3.83. The Kier molecular flexibility index (Phi) is 7.69. The molecule has 0 unspecified atom stereocenters. The van der Waals surface area contributed by atoms with Crippen LogP contribution in [-0.4, -0.2) is 55.4 Å². The number of piperazine rings is 1. The van der Waals surface area contributed by atoms with Gasteiger partial charge in [0, 0.05) is 42.9 Å². The van der Waals surface area contributed by atoms with Gasteiger partial charge in [-0.2, -0.15) is 0 Å². The Hall–Kier alpha value is -1.46. The number of nitrogens with one attached hydrogen (secondary N) is 1. The smallest absolute Gasteiger partial charge is 0.407 e. The summed E-state index contributed by atoms with van der Waals surface area (Å²) < 4.78 is 5.37. The normalized spacial score (nSPS) is 23.7. The molecule has 0 atom stereocenters. The molecule has 1 heterocycles. The second-order valence-electron chi connectivity index (χ2n) is 9.46. The van der Waals surface area contributed by atoms with E-state index in [1.807, 2.05) is 32.9 Å². The van der Waals surface area contributed by atoms with Gasteiger partial charge in [0.2, 0.25) is 0 Å². The molecule has 2 fully saturated rings.